The van der Waals surface area contributed by atoms with Crippen molar-refractivity contribution in [3.05, 3.63) is 34.4 Å². The Kier molecular flexibility index (Phi) is 3.96. The van der Waals surface area contributed by atoms with Crippen LogP contribution in [0.2, 0.25) is 0 Å². The van der Waals surface area contributed by atoms with Gasteiger partial charge in [0.15, 0.2) is 0 Å². The molecule has 1 aromatic rings. The largest absolute Gasteiger partial charge is 0.375 e. The number of benzene rings is 1. The van der Waals surface area contributed by atoms with Crippen LogP contribution in [0.25, 0.3) is 0 Å². The molecule has 1 heterocycles. The zero-order chi connectivity index (χ0) is 13.8. The molecule has 1 saturated heterocycles. The quantitative estimate of drug-likeness (QED) is 0.653. The van der Waals surface area contributed by atoms with Crippen molar-refractivity contribution in [3.8, 4) is 0 Å². The molecule has 2 amide bonds. The zero-order valence-corrected chi connectivity index (χ0v) is 10.5. The SMILES string of the molecule is CC1CN(C(=O)Nc2ccc([N+](=O)[O-])cc2)CCO1. The van der Waals surface area contributed by atoms with Crippen LogP contribution in [-0.4, -0.2) is 41.7 Å². The highest BCUT2D eigenvalue weighted by atomic mass is 16.6. The summed E-state index contributed by atoms with van der Waals surface area (Å²) in [6.45, 7) is 3.52. The first-order valence-corrected chi connectivity index (χ1v) is 5.98. The van der Waals surface area contributed by atoms with Crippen molar-refractivity contribution in [3.63, 3.8) is 0 Å². The molecule has 0 spiro atoms. The van der Waals surface area contributed by atoms with E-state index < -0.39 is 4.92 Å². The summed E-state index contributed by atoms with van der Waals surface area (Å²) in [5.41, 5.74) is 0.535. The molecular formula is C12H15N3O4. The Hall–Kier alpha value is -2.15. The summed E-state index contributed by atoms with van der Waals surface area (Å²) in [6, 6.07) is 5.53. The molecule has 2 rings (SSSR count). The van der Waals surface area contributed by atoms with E-state index >= 15 is 0 Å². The van der Waals surface area contributed by atoms with Gasteiger partial charge in [-0.05, 0) is 19.1 Å². The molecule has 102 valence electrons. The molecule has 1 fully saturated rings. The number of nitrogens with zero attached hydrogens (tertiary/aromatic N) is 2. The van der Waals surface area contributed by atoms with Crippen LogP contribution in [0.3, 0.4) is 0 Å². The molecule has 1 unspecified atom stereocenters. The van der Waals surface area contributed by atoms with Crippen molar-refractivity contribution >= 4 is 17.4 Å². The monoisotopic (exact) mass is 265 g/mol. The van der Waals surface area contributed by atoms with Crippen LogP contribution in [0, 0.1) is 10.1 Å². The fourth-order valence-corrected chi connectivity index (χ4v) is 1.87. The molecule has 0 radical (unpaired) electrons. The molecule has 0 saturated carbocycles. The second kappa shape index (κ2) is 5.66. The van der Waals surface area contributed by atoms with Crippen molar-refractivity contribution in [1.82, 2.24) is 4.90 Å². The number of rotatable bonds is 2. The number of nitrogens with one attached hydrogen (secondary N) is 1. The van der Waals surface area contributed by atoms with E-state index in [1.54, 1.807) is 4.90 Å². The Balaban J connectivity index is 1.96. The number of amides is 2. The molecule has 1 N–H and O–H groups in total. The molecule has 19 heavy (non-hydrogen) atoms. The maximum absolute atomic E-state index is 12.0. The number of morpholine rings is 1. The van der Waals surface area contributed by atoms with Gasteiger partial charge in [0, 0.05) is 30.9 Å². The lowest BCUT2D eigenvalue weighted by Gasteiger charge is -2.31. The third kappa shape index (κ3) is 3.41. The number of carbonyl (C=O) groups is 1. The molecule has 1 aromatic carbocycles. The number of hydrogen-bond acceptors (Lipinski definition) is 4. The van der Waals surface area contributed by atoms with Crippen LogP contribution in [0.5, 0.6) is 0 Å². The Morgan fingerprint density at radius 2 is 2.16 bits per heavy atom. The molecule has 0 bridgehead atoms. The van der Waals surface area contributed by atoms with Gasteiger partial charge in [0.2, 0.25) is 0 Å². The average Bonchev–Trinajstić information content (AvgIpc) is 2.39. The van der Waals surface area contributed by atoms with Gasteiger partial charge in [-0.2, -0.15) is 0 Å². The Bertz CT molecular complexity index is 474. The van der Waals surface area contributed by atoms with Crippen LogP contribution in [0.15, 0.2) is 24.3 Å². The second-order valence-corrected chi connectivity index (χ2v) is 4.36. The summed E-state index contributed by atoms with van der Waals surface area (Å²) in [5.74, 6) is 0. The van der Waals surface area contributed by atoms with Crippen molar-refractivity contribution in [1.29, 1.82) is 0 Å². The number of carbonyl (C=O) groups excluding carboxylic acids is 1. The molecule has 7 heteroatoms. The maximum atomic E-state index is 12.0. The minimum atomic E-state index is -0.477. The van der Waals surface area contributed by atoms with Crippen LogP contribution in [0.4, 0.5) is 16.2 Å². The molecule has 1 atom stereocenters. The topological polar surface area (TPSA) is 84.7 Å². The normalized spacial score (nSPS) is 19.0. The van der Waals surface area contributed by atoms with E-state index in [9.17, 15) is 14.9 Å². The van der Waals surface area contributed by atoms with Crippen molar-refractivity contribution in [2.75, 3.05) is 25.0 Å². The van der Waals surface area contributed by atoms with Crippen molar-refractivity contribution < 1.29 is 14.5 Å². The Morgan fingerprint density at radius 1 is 1.47 bits per heavy atom. The van der Waals surface area contributed by atoms with Gasteiger partial charge in [-0.15, -0.1) is 0 Å². The lowest BCUT2D eigenvalue weighted by Crippen LogP contribution is -2.46. The van der Waals surface area contributed by atoms with E-state index in [0.29, 0.717) is 25.4 Å². The Morgan fingerprint density at radius 3 is 2.74 bits per heavy atom. The maximum Gasteiger partial charge on any atom is 0.322 e. The summed E-state index contributed by atoms with van der Waals surface area (Å²) >= 11 is 0. The number of non-ortho nitro benzene ring substituents is 1. The minimum absolute atomic E-state index is 0.00186. The van der Waals surface area contributed by atoms with E-state index in [0.717, 1.165) is 0 Å². The number of anilines is 1. The van der Waals surface area contributed by atoms with E-state index in [4.69, 9.17) is 4.74 Å². The number of ether oxygens (including phenoxy) is 1. The standard InChI is InChI=1S/C12H15N3O4/c1-9-8-14(6-7-19-9)12(16)13-10-2-4-11(5-3-10)15(17)18/h2-5,9H,6-8H2,1H3,(H,13,16). The van der Waals surface area contributed by atoms with E-state index in [-0.39, 0.29) is 17.8 Å². The molecule has 1 aliphatic heterocycles. The highest BCUT2D eigenvalue weighted by Crippen LogP contribution is 2.16. The number of nitro groups is 1. The van der Waals surface area contributed by atoms with Crippen LogP contribution >= 0.6 is 0 Å². The summed E-state index contributed by atoms with van der Waals surface area (Å²) in [4.78, 5) is 23.7. The summed E-state index contributed by atoms with van der Waals surface area (Å²) < 4.78 is 5.35. The van der Waals surface area contributed by atoms with E-state index in [1.807, 2.05) is 6.92 Å². The van der Waals surface area contributed by atoms with Gasteiger partial charge in [0.05, 0.1) is 17.6 Å². The summed E-state index contributed by atoms with van der Waals surface area (Å²) in [5, 5.41) is 13.2. The molecular weight excluding hydrogens is 250 g/mol. The third-order valence-corrected chi connectivity index (χ3v) is 2.86. The smallest absolute Gasteiger partial charge is 0.322 e. The van der Waals surface area contributed by atoms with Gasteiger partial charge in [0.25, 0.3) is 5.69 Å². The Labute approximate surface area is 110 Å². The predicted octanol–water partition coefficient (Wildman–Crippen LogP) is 1.85. The van der Waals surface area contributed by atoms with Gasteiger partial charge in [0.1, 0.15) is 0 Å². The average molecular weight is 265 g/mol. The first-order valence-electron chi connectivity index (χ1n) is 5.98. The molecule has 1 aliphatic rings. The summed E-state index contributed by atoms with van der Waals surface area (Å²) in [6.07, 6.45) is 0.0244. The number of nitro benzene ring substituents is 1. The highest BCUT2D eigenvalue weighted by molar-refractivity contribution is 5.89. The van der Waals surface area contributed by atoms with Gasteiger partial charge in [-0.3, -0.25) is 10.1 Å². The van der Waals surface area contributed by atoms with Gasteiger partial charge < -0.3 is 15.0 Å². The number of hydrogen-bond donors (Lipinski definition) is 1. The summed E-state index contributed by atoms with van der Waals surface area (Å²) in [7, 11) is 0. The van der Waals surface area contributed by atoms with Gasteiger partial charge in [-0.25, -0.2) is 4.79 Å². The van der Waals surface area contributed by atoms with Crippen LogP contribution in [-0.2, 0) is 4.74 Å². The van der Waals surface area contributed by atoms with Crippen LogP contribution in [0.1, 0.15) is 6.92 Å². The van der Waals surface area contributed by atoms with Crippen LogP contribution < -0.4 is 5.32 Å². The third-order valence-electron chi connectivity index (χ3n) is 2.86. The van der Waals surface area contributed by atoms with Gasteiger partial charge >= 0.3 is 6.03 Å². The minimum Gasteiger partial charge on any atom is -0.375 e. The predicted molar refractivity (Wildman–Crippen MR) is 69.1 cm³/mol. The molecule has 0 aliphatic carbocycles. The second-order valence-electron chi connectivity index (χ2n) is 4.36. The van der Waals surface area contributed by atoms with Gasteiger partial charge in [-0.1, -0.05) is 0 Å². The fraction of sp³-hybridized carbons (Fsp3) is 0.417. The fourth-order valence-electron chi connectivity index (χ4n) is 1.87. The molecule has 0 aromatic heterocycles. The molecule has 7 nitrogen and oxygen atoms in total. The van der Waals surface area contributed by atoms with E-state index in [1.165, 1.54) is 24.3 Å². The lowest BCUT2D eigenvalue weighted by atomic mass is 10.3. The van der Waals surface area contributed by atoms with E-state index in [2.05, 4.69) is 5.32 Å². The zero-order valence-electron chi connectivity index (χ0n) is 10.5. The van der Waals surface area contributed by atoms with Crippen molar-refractivity contribution in [2.45, 2.75) is 13.0 Å². The first-order chi connectivity index (χ1) is 9.06. The lowest BCUT2D eigenvalue weighted by molar-refractivity contribution is -0.384. The highest BCUT2D eigenvalue weighted by Gasteiger charge is 2.21. The first kappa shape index (κ1) is 13.3. The number of urea groups is 1. The van der Waals surface area contributed by atoms with Crippen molar-refractivity contribution in [2.24, 2.45) is 0 Å².